The van der Waals surface area contributed by atoms with Gasteiger partial charge in [0.1, 0.15) is 5.78 Å². The van der Waals surface area contributed by atoms with Crippen LogP contribution < -0.4 is 14.8 Å². The molecule has 1 amide bonds. The van der Waals surface area contributed by atoms with Crippen LogP contribution in [0.2, 0.25) is 0 Å². The lowest BCUT2D eigenvalue weighted by molar-refractivity contribution is -0.120. The van der Waals surface area contributed by atoms with Gasteiger partial charge < -0.3 is 14.8 Å². The first-order valence-corrected chi connectivity index (χ1v) is 11.8. The predicted octanol–water partition coefficient (Wildman–Crippen LogP) is 4.88. The molecule has 1 aliphatic heterocycles. The Morgan fingerprint density at radius 3 is 2.51 bits per heavy atom. The lowest BCUT2D eigenvalue weighted by atomic mass is 9.87. The van der Waals surface area contributed by atoms with E-state index in [0.717, 1.165) is 46.4 Å². The number of fused-ring (bicyclic) bond motifs is 1. The van der Waals surface area contributed by atoms with E-state index >= 15 is 0 Å². The first-order chi connectivity index (χ1) is 17.0. The van der Waals surface area contributed by atoms with Crippen LogP contribution >= 0.6 is 0 Å². The van der Waals surface area contributed by atoms with Crippen LogP contribution in [0.1, 0.15) is 46.3 Å². The van der Waals surface area contributed by atoms with Crippen molar-refractivity contribution in [3.05, 3.63) is 82.9 Å². The summed E-state index contributed by atoms with van der Waals surface area (Å²) in [5.41, 5.74) is 5.22. The lowest BCUT2D eigenvalue weighted by Gasteiger charge is -2.16. The van der Waals surface area contributed by atoms with Crippen molar-refractivity contribution in [1.29, 1.82) is 5.26 Å². The maximum absolute atomic E-state index is 13.4. The van der Waals surface area contributed by atoms with Crippen LogP contribution in [0.5, 0.6) is 11.5 Å². The molecule has 1 N–H and O–H groups in total. The van der Waals surface area contributed by atoms with Gasteiger partial charge in [0.25, 0.3) is 5.91 Å². The third-order valence-electron chi connectivity index (χ3n) is 6.86. The van der Waals surface area contributed by atoms with Crippen molar-refractivity contribution >= 4 is 11.7 Å². The van der Waals surface area contributed by atoms with E-state index in [1.54, 1.807) is 12.1 Å². The van der Waals surface area contributed by atoms with Crippen LogP contribution in [-0.4, -0.2) is 25.0 Å². The summed E-state index contributed by atoms with van der Waals surface area (Å²) in [5.74, 6) is 1.46. The number of ether oxygens (including phenoxy) is 2. The quantitative estimate of drug-likeness (QED) is 0.478. The Hall–Kier alpha value is -4.11. The number of nitrogens with one attached hydrogen (secondary N) is 1. The number of hydrogen-bond donors (Lipinski definition) is 1. The highest BCUT2D eigenvalue weighted by Crippen LogP contribution is 2.51. The Bertz CT molecular complexity index is 1330. The summed E-state index contributed by atoms with van der Waals surface area (Å²) in [5, 5.41) is 11.4. The Morgan fingerprint density at radius 1 is 1.00 bits per heavy atom. The molecule has 1 saturated carbocycles. The topological polar surface area (TPSA) is 88.4 Å². The van der Waals surface area contributed by atoms with Crippen LogP contribution in [0.25, 0.3) is 11.1 Å². The smallest absolute Gasteiger partial charge is 0.251 e. The van der Waals surface area contributed by atoms with Crippen LogP contribution in [0, 0.1) is 18.3 Å². The zero-order valence-electron chi connectivity index (χ0n) is 19.6. The number of Topliss-reactive ketones (excluding diaryl/α,β-unsaturated/α-hetero) is 1. The summed E-state index contributed by atoms with van der Waals surface area (Å²) in [7, 11) is 0. The fourth-order valence-electron chi connectivity index (χ4n) is 4.63. The molecule has 0 aromatic heterocycles. The van der Waals surface area contributed by atoms with Crippen molar-refractivity contribution in [2.75, 3.05) is 13.3 Å². The molecule has 1 aliphatic carbocycles. The number of nitriles is 1. The van der Waals surface area contributed by atoms with Gasteiger partial charge in [-0.2, -0.15) is 5.26 Å². The molecule has 6 heteroatoms. The van der Waals surface area contributed by atoms with E-state index in [1.807, 2.05) is 55.5 Å². The standard InChI is InChI=1S/C29H26N2O4/c1-19-3-4-20(15-24(19)21-5-7-22(8-6-21)28(33)31-14-2-13-30)16-27(32)29(11-12-29)23-9-10-25-26(17-23)35-18-34-25/h3-10,15,17H,2,11-12,14,16,18H2,1H3,(H,31,33). The molecule has 0 unspecified atom stereocenters. The third kappa shape index (κ3) is 4.50. The lowest BCUT2D eigenvalue weighted by Crippen LogP contribution is -2.24. The monoisotopic (exact) mass is 466 g/mol. The molecule has 0 bridgehead atoms. The molecule has 0 saturated heterocycles. The molecule has 6 nitrogen and oxygen atoms in total. The average molecular weight is 467 g/mol. The third-order valence-corrected chi connectivity index (χ3v) is 6.86. The van der Waals surface area contributed by atoms with Gasteiger partial charge in [-0.05, 0) is 71.8 Å². The molecule has 0 atom stereocenters. The molecule has 0 spiro atoms. The molecule has 1 fully saturated rings. The van der Waals surface area contributed by atoms with Gasteiger partial charge in [0.05, 0.1) is 17.9 Å². The Balaban J connectivity index is 1.32. The SMILES string of the molecule is Cc1ccc(CC(=O)C2(c3ccc4c(c3)OCO4)CC2)cc1-c1ccc(C(=O)NCCC#N)cc1. The molecule has 2 aliphatic rings. The Morgan fingerprint density at radius 2 is 1.77 bits per heavy atom. The molecular weight excluding hydrogens is 440 g/mol. The number of aryl methyl sites for hydroxylation is 1. The second-order valence-corrected chi connectivity index (χ2v) is 9.14. The van der Waals surface area contributed by atoms with E-state index in [1.165, 1.54) is 0 Å². The van der Waals surface area contributed by atoms with Crippen LogP contribution in [-0.2, 0) is 16.6 Å². The number of carbonyl (C=O) groups excluding carboxylic acids is 2. The minimum Gasteiger partial charge on any atom is -0.454 e. The summed E-state index contributed by atoms with van der Waals surface area (Å²) in [4.78, 5) is 25.6. The summed E-state index contributed by atoms with van der Waals surface area (Å²) in [6.07, 6.45) is 2.34. The predicted molar refractivity (Wildman–Crippen MR) is 131 cm³/mol. The van der Waals surface area contributed by atoms with E-state index in [2.05, 4.69) is 11.4 Å². The number of rotatable bonds is 8. The number of carbonyl (C=O) groups is 2. The summed E-state index contributed by atoms with van der Waals surface area (Å²) in [6.45, 7) is 2.59. The van der Waals surface area contributed by atoms with Gasteiger partial charge in [-0.3, -0.25) is 9.59 Å². The van der Waals surface area contributed by atoms with Gasteiger partial charge in [0, 0.05) is 18.5 Å². The highest BCUT2D eigenvalue weighted by atomic mass is 16.7. The minimum atomic E-state index is -0.438. The fraction of sp³-hybridized carbons (Fsp3) is 0.276. The first kappa shape index (κ1) is 22.7. The molecular formula is C29H26N2O4. The van der Waals surface area contributed by atoms with Gasteiger partial charge in [0.2, 0.25) is 6.79 Å². The summed E-state index contributed by atoms with van der Waals surface area (Å²) in [6, 6.07) is 21.4. The van der Waals surface area contributed by atoms with E-state index in [4.69, 9.17) is 14.7 Å². The van der Waals surface area contributed by atoms with Crippen molar-refractivity contribution in [2.45, 2.75) is 38.0 Å². The van der Waals surface area contributed by atoms with Crippen molar-refractivity contribution in [2.24, 2.45) is 0 Å². The molecule has 3 aromatic rings. The molecule has 3 aromatic carbocycles. The number of nitrogens with zero attached hydrogens (tertiary/aromatic N) is 1. The number of benzene rings is 3. The maximum atomic E-state index is 13.4. The van der Waals surface area contributed by atoms with Gasteiger partial charge in [0.15, 0.2) is 11.5 Å². The van der Waals surface area contributed by atoms with Gasteiger partial charge in [-0.15, -0.1) is 0 Å². The van der Waals surface area contributed by atoms with Crippen molar-refractivity contribution in [3.8, 4) is 28.7 Å². The van der Waals surface area contributed by atoms with Gasteiger partial charge in [-0.25, -0.2) is 0 Å². The second kappa shape index (κ2) is 9.27. The van der Waals surface area contributed by atoms with E-state index < -0.39 is 5.41 Å². The maximum Gasteiger partial charge on any atom is 0.251 e. The summed E-state index contributed by atoms with van der Waals surface area (Å²) >= 11 is 0. The fourth-order valence-corrected chi connectivity index (χ4v) is 4.63. The Labute approximate surface area is 204 Å². The van der Waals surface area contributed by atoms with Crippen LogP contribution in [0.3, 0.4) is 0 Å². The van der Waals surface area contributed by atoms with E-state index in [9.17, 15) is 9.59 Å². The van der Waals surface area contributed by atoms with Crippen molar-refractivity contribution in [1.82, 2.24) is 5.32 Å². The second-order valence-electron chi connectivity index (χ2n) is 9.14. The van der Waals surface area contributed by atoms with E-state index in [0.29, 0.717) is 24.3 Å². The van der Waals surface area contributed by atoms with Crippen molar-refractivity contribution in [3.63, 3.8) is 0 Å². The van der Waals surface area contributed by atoms with Gasteiger partial charge >= 0.3 is 0 Å². The molecule has 35 heavy (non-hydrogen) atoms. The average Bonchev–Trinajstić information content (AvgIpc) is 3.56. The zero-order valence-corrected chi connectivity index (χ0v) is 19.6. The highest BCUT2D eigenvalue weighted by Gasteiger charge is 2.50. The van der Waals surface area contributed by atoms with Crippen LogP contribution in [0.15, 0.2) is 60.7 Å². The Kier molecular flexibility index (Phi) is 6.00. The molecule has 0 radical (unpaired) electrons. The highest BCUT2D eigenvalue weighted by molar-refractivity contribution is 5.95. The number of hydrogen-bond acceptors (Lipinski definition) is 5. The largest absolute Gasteiger partial charge is 0.454 e. The number of ketones is 1. The number of amides is 1. The van der Waals surface area contributed by atoms with E-state index in [-0.39, 0.29) is 24.9 Å². The summed E-state index contributed by atoms with van der Waals surface area (Å²) < 4.78 is 10.9. The zero-order chi connectivity index (χ0) is 24.4. The molecule has 1 heterocycles. The normalized spacial score (nSPS) is 14.7. The van der Waals surface area contributed by atoms with Crippen molar-refractivity contribution < 1.29 is 19.1 Å². The first-order valence-electron chi connectivity index (χ1n) is 11.8. The molecule has 5 rings (SSSR count). The minimum absolute atomic E-state index is 0.193. The molecule has 176 valence electrons. The van der Waals surface area contributed by atoms with Gasteiger partial charge in [-0.1, -0.05) is 36.4 Å². The van der Waals surface area contributed by atoms with Crippen LogP contribution in [0.4, 0.5) is 0 Å².